The summed E-state index contributed by atoms with van der Waals surface area (Å²) in [7, 11) is 0. The molecule has 3 heterocycles. The van der Waals surface area contributed by atoms with Gasteiger partial charge in [0.15, 0.2) is 5.11 Å². The molecule has 4 aromatic rings. The Bertz CT molecular complexity index is 1220. The monoisotopic (exact) mass is 454 g/mol. The summed E-state index contributed by atoms with van der Waals surface area (Å²) in [5.74, 6) is 0.845. The molecular weight excluding hydrogens is 428 g/mol. The Morgan fingerprint density at radius 2 is 1.64 bits per heavy atom. The Hall–Kier alpha value is -3.64. The Balaban J connectivity index is 1.60. The van der Waals surface area contributed by atoms with Gasteiger partial charge in [-0.25, -0.2) is 0 Å². The lowest BCUT2D eigenvalue weighted by Gasteiger charge is -2.29. The molecule has 2 aromatic carbocycles. The Labute approximate surface area is 199 Å². The van der Waals surface area contributed by atoms with Crippen molar-refractivity contribution in [1.82, 2.24) is 14.9 Å². The van der Waals surface area contributed by atoms with Crippen LogP contribution >= 0.6 is 12.2 Å². The number of anilines is 1. The van der Waals surface area contributed by atoms with Gasteiger partial charge in [0, 0.05) is 29.5 Å². The molecule has 1 aliphatic rings. The molecular formula is C27H26N4OS. The van der Waals surface area contributed by atoms with Crippen LogP contribution in [0.25, 0.3) is 5.69 Å². The van der Waals surface area contributed by atoms with E-state index < -0.39 is 0 Å². The molecule has 2 atom stereocenters. The van der Waals surface area contributed by atoms with Crippen molar-refractivity contribution >= 4 is 23.0 Å². The zero-order valence-electron chi connectivity index (χ0n) is 18.6. The van der Waals surface area contributed by atoms with Gasteiger partial charge in [0.1, 0.15) is 11.8 Å². The van der Waals surface area contributed by atoms with Crippen LogP contribution in [0.1, 0.15) is 37.3 Å². The summed E-state index contributed by atoms with van der Waals surface area (Å²) in [5.41, 5.74) is 4.20. The molecule has 0 saturated carbocycles. The van der Waals surface area contributed by atoms with E-state index in [-0.39, 0.29) is 18.2 Å². The minimum Gasteiger partial charge on any atom is -0.491 e. The van der Waals surface area contributed by atoms with Crippen LogP contribution in [0.3, 0.4) is 0 Å². The lowest BCUT2D eigenvalue weighted by Crippen LogP contribution is -2.30. The Kier molecular flexibility index (Phi) is 5.84. The zero-order chi connectivity index (χ0) is 22.8. The molecule has 2 aromatic heterocycles. The zero-order valence-corrected chi connectivity index (χ0v) is 19.4. The van der Waals surface area contributed by atoms with Crippen molar-refractivity contribution in [3.8, 4) is 11.4 Å². The predicted octanol–water partition coefficient (Wildman–Crippen LogP) is 5.84. The van der Waals surface area contributed by atoms with E-state index in [0.717, 1.165) is 28.5 Å². The highest BCUT2D eigenvalue weighted by Crippen LogP contribution is 2.42. The molecule has 0 aliphatic carbocycles. The third kappa shape index (κ3) is 4.22. The standard InChI is InChI=1S/C27H26N4OS/c1-19(2)32-22-15-13-21(14-16-22)31-26(25(29-27(31)33)23-11-6-7-17-28-23)24-12-8-18-30(24)20-9-4-3-5-10-20/h3-19,25-26H,1-2H3,(H,29,33)/t25-,26+/m0/s1. The smallest absolute Gasteiger partial charge is 0.174 e. The molecule has 0 bridgehead atoms. The van der Waals surface area contributed by atoms with Gasteiger partial charge < -0.3 is 19.5 Å². The molecule has 1 N–H and O–H groups in total. The fraction of sp³-hybridized carbons (Fsp3) is 0.185. The first-order valence-electron chi connectivity index (χ1n) is 11.1. The second-order valence-corrected chi connectivity index (χ2v) is 8.68. The number of benzene rings is 2. The van der Waals surface area contributed by atoms with Gasteiger partial charge in [0.05, 0.1) is 17.8 Å². The van der Waals surface area contributed by atoms with E-state index in [2.05, 4.69) is 74.5 Å². The largest absolute Gasteiger partial charge is 0.491 e. The van der Waals surface area contributed by atoms with E-state index >= 15 is 0 Å². The maximum absolute atomic E-state index is 5.86. The number of pyridine rings is 1. The predicted molar refractivity (Wildman–Crippen MR) is 136 cm³/mol. The number of rotatable bonds is 6. The third-order valence-corrected chi connectivity index (χ3v) is 6.02. The van der Waals surface area contributed by atoms with Crippen LogP contribution in [-0.4, -0.2) is 20.8 Å². The molecule has 5 rings (SSSR count). The molecule has 1 fully saturated rings. The van der Waals surface area contributed by atoms with Crippen molar-refractivity contribution < 1.29 is 4.74 Å². The fourth-order valence-electron chi connectivity index (χ4n) is 4.35. The summed E-state index contributed by atoms with van der Waals surface area (Å²) in [6.07, 6.45) is 4.05. The van der Waals surface area contributed by atoms with Gasteiger partial charge in [-0.1, -0.05) is 24.3 Å². The van der Waals surface area contributed by atoms with Crippen molar-refractivity contribution in [2.45, 2.75) is 32.0 Å². The van der Waals surface area contributed by atoms with Gasteiger partial charge in [0.2, 0.25) is 0 Å². The highest BCUT2D eigenvalue weighted by atomic mass is 32.1. The SMILES string of the molecule is CC(C)Oc1ccc(N2C(=S)N[C@@H](c3ccccn3)[C@H]2c2cccn2-c2ccccc2)cc1. The van der Waals surface area contributed by atoms with Gasteiger partial charge in [-0.15, -0.1) is 0 Å². The van der Waals surface area contributed by atoms with Crippen molar-refractivity contribution in [2.24, 2.45) is 0 Å². The van der Waals surface area contributed by atoms with E-state index in [1.54, 1.807) is 0 Å². The topological polar surface area (TPSA) is 42.3 Å². The van der Waals surface area contributed by atoms with E-state index in [1.165, 1.54) is 0 Å². The first kappa shape index (κ1) is 21.2. The summed E-state index contributed by atoms with van der Waals surface area (Å²) in [6, 6.07) is 28.6. The van der Waals surface area contributed by atoms with E-state index in [0.29, 0.717) is 5.11 Å². The van der Waals surface area contributed by atoms with Gasteiger partial charge in [0.25, 0.3) is 0 Å². The van der Waals surface area contributed by atoms with Crippen LogP contribution in [0.5, 0.6) is 5.75 Å². The second-order valence-electron chi connectivity index (χ2n) is 8.30. The van der Waals surface area contributed by atoms with Crippen LogP contribution in [0.15, 0.2) is 97.3 Å². The average molecular weight is 455 g/mol. The van der Waals surface area contributed by atoms with E-state index in [9.17, 15) is 0 Å². The quantitative estimate of drug-likeness (QED) is 0.371. The van der Waals surface area contributed by atoms with Gasteiger partial charge in [-0.3, -0.25) is 4.98 Å². The number of ether oxygens (including phenoxy) is 1. The maximum Gasteiger partial charge on any atom is 0.174 e. The number of nitrogens with one attached hydrogen (secondary N) is 1. The number of nitrogens with zero attached hydrogens (tertiary/aromatic N) is 3. The van der Waals surface area contributed by atoms with Crippen LogP contribution in [-0.2, 0) is 0 Å². The van der Waals surface area contributed by atoms with Crippen molar-refractivity contribution in [2.75, 3.05) is 4.90 Å². The van der Waals surface area contributed by atoms with Crippen LogP contribution in [0.2, 0.25) is 0 Å². The Morgan fingerprint density at radius 1 is 0.879 bits per heavy atom. The molecule has 6 heteroatoms. The summed E-state index contributed by atoms with van der Waals surface area (Å²) in [4.78, 5) is 6.84. The first-order chi connectivity index (χ1) is 16.1. The molecule has 5 nitrogen and oxygen atoms in total. The molecule has 0 spiro atoms. The highest BCUT2D eigenvalue weighted by molar-refractivity contribution is 7.80. The lowest BCUT2D eigenvalue weighted by molar-refractivity contribution is 0.242. The van der Waals surface area contributed by atoms with Crippen molar-refractivity contribution in [3.05, 3.63) is 109 Å². The molecule has 0 amide bonds. The van der Waals surface area contributed by atoms with Crippen LogP contribution in [0, 0.1) is 0 Å². The van der Waals surface area contributed by atoms with Gasteiger partial charge in [-0.2, -0.15) is 0 Å². The summed E-state index contributed by atoms with van der Waals surface area (Å²) < 4.78 is 8.07. The third-order valence-electron chi connectivity index (χ3n) is 5.70. The minimum absolute atomic E-state index is 0.0838. The maximum atomic E-state index is 5.86. The van der Waals surface area contributed by atoms with Crippen LogP contribution in [0.4, 0.5) is 5.69 Å². The Morgan fingerprint density at radius 3 is 2.33 bits per heavy atom. The van der Waals surface area contributed by atoms with Crippen molar-refractivity contribution in [3.63, 3.8) is 0 Å². The second kappa shape index (κ2) is 9.08. The first-order valence-corrected chi connectivity index (χ1v) is 11.5. The molecule has 0 radical (unpaired) electrons. The van der Waals surface area contributed by atoms with Crippen LogP contribution < -0.4 is 15.0 Å². The summed E-state index contributed by atoms with van der Waals surface area (Å²) in [5, 5.41) is 4.21. The summed E-state index contributed by atoms with van der Waals surface area (Å²) in [6.45, 7) is 4.05. The number of hydrogen-bond donors (Lipinski definition) is 1. The van der Waals surface area contributed by atoms with E-state index in [4.69, 9.17) is 17.0 Å². The lowest BCUT2D eigenvalue weighted by atomic mass is 10.0. The molecule has 0 unspecified atom stereocenters. The molecule has 1 aliphatic heterocycles. The van der Waals surface area contributed by atoms with E-state index in [1.807, 2.05) is 56.4 Å². The molecule has 33 heavy (non-hydrogen) atoms. The number of para-hydroxylation sites is 1. The van der Waals surface area contributed by atoms with Gasteiger partial charge >= 0.3 is 0 Å². The molecule has 1 saturated heterocycles. The molecule has 166 valence electrons. The normalized spacial score (nSPS) is 17.9. The fourth-order valence-corrected chi connectivity index (χ4v) is 4.70. The number of aromatic nitrogens is 2. The average Bonchev–Trinajstić information content (AvgIpc) is 3.45. The summed E-state index contributed by atoms with van der Waals surface area (Å²) >= 11 is 5.86. The number of hydrogen-bond acceptors (Lipinski definition) is 3. The minimum atomic E-state index is -0.0948. The van der Waals surface area contributed by atoms with Crippen molar-refractivity contribution in [1.29, 1.82) is 0 Å². The van der Waals surface area contributed by atoms with Gasteiger partial charge in [-0.05, 0) is 86.7 Å². The highest BCUT2D eigenvalue weighted by Gasteiger charge is 2.42. The number of thiocarbonyl (C=S) groups is 1.